The first-order valence-electron chi connectivity index (χ1n) is 8.13. The first kappa shape index (κ1) is 16.9. The lowest BCUT2D eigenvalue weighted by Crippen LogP contribution is -2.29. The zero-order valence-electron chi connectivity index (χ0n) is 14.0. The molecule has 25 heavy (non-hydrogen) atoms. The van der Waals surface area contributed by atoms with Gasteiger partial charge in [0.1, 0.15) is 0 Å². The van der Waals surface area contributed by atoms with Crippen molar-refractivity contribution in [2.45, 2.75) is 19.4 Å². The number of aliphatic hydroxyl groups excluding tert-OH is 1. The lowest BCUT2D eigenvalue weighted by molar-refractivity contribution is 0.0929. The molecule has 2 heterocycles. The van der Waals surface area contributed by atoms with Gasteiger partial charge in [0.15, 0.2) is 5.82 Å². The number of nitrogens with zero attached hydrogens (tertiary/aromatic N) is 3. The zero-order chi connectivity index (χ0) is 17.6. The van der Waals surface area contributed by atoms with Gasteiger partial charge in [-0.2, -0.15) is 5.10 Å². The van der Waals surface area contributed by atoms with Gasteiger partial charge in [-0.05, 0) is 31.0 Å². The predicted molar refractivity (Wildman–Crippen MR) is 94.4 cm³/mol. The van der Waals surface area contributed by atoms with Crippen LogP contribution in [0.15, 0.2) is 60.9 Å². The first-order valence-corrected chi connectivity index (χ1v) is 8.13. The minimum atomic E-state index is -0.253. The third-order valence-corrected chi connectivity index (χ3v) is 4.05. The molecule has 0 aliphatic heterocycles. The van der Waals surface area contributed by atoms with Crippen molar-refractivity contribution in [3.63, 3.8) is 0 Å². The molecule has 0 aliphatic rings. The smallest absolute Gasteiger partial charge is 0.255 e. The van der Waals surface area contributed by atoms with Crippen LogP contribution in [0, 0.1) is 6.92 Å². The average molecular weight is 336 g/mol. The summed E-state index contributed by atoms with van der Waals surface area (Å²) in [7, 11) is 0. The number of nitrogens with one attached hydrogen (secondary N) is 1. The van der Waals surface area contributed by atoms with Crippen LogP contribution in [0.1, 0.15) is 34.1 Å². The van der Waals surface area contributed by atoms with Crippen LogP contribution in [0.3, 0.4) is 0 Å². The number of aromatic nitrogens is 3. The highest BCUT2D eigenvalue weighted by Gasteiger charge is 2.19. The van der Waals surface area contributed by atoms with Gasteiger partial charge < -0.3 is 10.4 Å². The second kappa shape index (κ2) is 7.72. The summed E-state index contributed by atoms with van der Waals surface area (Å²) in [4.78, 5) is 17.0. The molecule has 0 spiro atoms. The van der Waals surface area contributed by atoms with E-state index in [9.17, 15) is 9.90 Å². The number of hydrogen-bond donors (Lipinski definition) is 2. The van der Waals surface area contributed by atoms with Gasteiger partial charge in [0, 0.05) is 12.8 Å². The first-order chi connectivity index (χ1) is 12.2. The molecule has 1 amide bonds. The van der Waals surface area contributed by atoms with Gasteiger partial charge in [0.2, 0.25) is 0 Å². The van der Waals surface area contributed by atoms with Crippen LogP contribution in [0.5, 0.6) is 0 Å². The van der Waals surface area contributed by atoms with Gasteiger partial charge in [-0.25, -0.2) is 9.67 Å². The van der Waals surface area contributed by atoms with Crippen molar-refractivity contribution in [2.75, 3.05) is 6.61 Å². The van der Waals surface area contributed by atoms with Crippen LogP contribution in [-0.2, 0) is 0 Å². The minimum absolute atomic E-state index is 0.00792. The average Bonchev–Trinajstić information content (AvgIpc) is 3.04. The summed E-state index contributed by atoms with van der Waals surface area (Å²) in [6.07, 6.45) is 3.67. The van der Waals surface area contributed by atoms with Crippen LogP contribution in [0.4, 0.5) is 0 Å². The van der Waals surface area contributed by atoms with Crippen molar-refractivity contribution in [1.82, 2.24) is 20.1 Å². The Balaban J connectivity index is 1.82. The van der Waals surface area contributed by atoms with E-state index in [0.29, 0.717) is 23.5 Å². The van der Waals surface area contributed by atoms with E-state index in [1.165, 1.54) is 0 Å². The quantitative estimate of drug-likeness (QED) is 0.724. The molecule has 128 valence electrons. The molecule has 0 saturated carbocycles. The fourth-order valence-electron chi connectivity index (χ4n) is 2.72. The fourth-order valence-corrected chi connectivity index (χ4v) is 2.72. The van der Waals surface area contributed by atoms with E-state index in [4.69, 9.17) is 0 Å². The van der Waals surface area contributed by atoms with E-state index in [0.717, 1.165) is 5.56 Å². The van der Waals surface area contributed by atoms with Crippen molar-refractivity contribution in [3.8, 4) is 5.82 Å². The molecule has 6 nitrogen and oxygen atoms in total. The number of carbonyl (C=O) groups excluding carboxylic acids is 1. The molecular formula is C19H20N4O2. The minimum Gasteiger partial charge on any atom is -0.396 e. The summed E-state index contributed by atoms with van der Waals surface area (Å²) in [5, 5.41) is 16.6. The summed E-state index contributed by atoms with van der Waals surface area (Å²) in [5.74, 6) is 0.441. The van der Waals surface area contributed by atoms with Gasteiger partial charge in [-0.3, -0.25) is 4.79 Å². The largest absolute Gasteiger partial charge is 0.396 e. The van der Waals surface area contributed by atoms with Crippen molar-refractivity contribution < 1.29 is 9.90 Å². The topological polar surface area (TPSA) is 80.0 Å². The summed E-state index contributed by atoms with van der Waals surface area (Å²) in [6.45, 7) is 1.83. The fraction of sp³-hybridized carbons (Fsp3) is 0.211. The second-order valence-corrected chi connectivity index (χ2v) is 5.69. The third kappa shape index (κ3) is 3.75. The molecular weight excluding hydrogens is 316 g/mol. The highest BCUT2D eigenvalue weighted by atomic mass is 16.3. The molecule has 1 aromatic carbocycles. The van der Waals surface area contributed by atoms with Crippen molar-refractivity contribution in [1.29, 1.82) is 0 Å². The monoisotopic (exact) mass is 336 g/mol. The molecule has 0 aliphatic carbocycles. The second-order valence-electron chi connectivity index (χ2n) is 5.69. The Morgan fingerprint density at radius 1 is 1.20 bits per heavy atom. The molecule has 6 heteroatoms. The van der Waals surface area contributed by atoms with Gasteiger partial charge in [0.05, 0.1) is 23.5 Å². The number of carbonyl (C=O) groups is 1. The summed E-state index contributed by atoms with van der Waals surface area (Å²) in [6, 6.07) is 14.9. The molecule has 1 atom stereocenters. The number of amides is 1. The molecule has 2 aromatic heterocycles. The summed E-state index contributed by atoms with van der Waals surface area (Å²) >= 11 is 0. The Hall–Kier alpha value is -2.99. The SMILES string of the molecule is Cc1c(C(=O)NC(CCO)c2ccccc2)cnn1-c1ccccn1. The third-order valence-electron chi connectivity index (χ3n) is 4.05. The van der Waals surface area contributed by atoms with Gasteiger partial charge >= 0.3 is 0 Å². The Labute approximate surface area is 146 Å². The number of rotatable bonds is 6. The van der Waals surface area contributed by atoms with Gasteiger partial charge in [0.25, 0.3) is 5.91 Å². The van der Waals surface area contributed by atoms with Crippen molar-refractivity contribution in [2.24, 2.45) is 0 Å². The van der Waals surface area contributed by atoms with Crippen LogP contribution in [-0.4, -0.2) is 32.4 Å². The van der Waals surface area contributed by atoms with Crippen LogP contribution in [0.2, 0.25) is 0 Å². The molecule has 0 radical (unpaired) electrons. The van der Waals surface area contributed by atoms with E-state index in [-0.39, 0.29) is 18.6 Å². The molecule has 0 fully saturated rings. The molecule has 0 saturated heterocycles. The Bertz CT molecular complexity index is 831. The van der Waals surface area contributed by atoms with E-state index in [1.807, 2.05) is 55.5 Å². The van der Waals surface area contributed by atoms with Crippen LogP contribution >= 0.6 is 0 Å². The zero-order valence-corrected chi connectivity index (χ0v) is 14.0. The van der Waals surface area contributed by atoms with Crippen LogP contribution < -0.4 is 5.32 Å². The van der Waals surface area contributed by atoms with E-state index in [2.05, 4.69) is 15.4 Å². The van der Waals surface area contributed by atoms with Gasteiger partial charge in [-0.15, -0.1) is 0 Å². The van der Waals surface area contributed by atoms with Gasteiger partial charge in [-0.1, -0.05) is 36.4 Å². The molecule has 1 unspecified atom stereocenters. The van der Waals surface area contributed by atoms with E-state index >= 15 is 0 Å². The predicted octanol–water partition coefficient (Wildman–Crippen LogP) is 2.43. The van der Waals surface area contributed by atoms with Crippen molar-refractivity contribution >= 4 is 5.91 Å². The maximum atomic E-state index is 12.7. The van der Waals surface area contributed by atoms with Crippen LogP contribution in [0.25, 0.3) is 5.82 Å². The highest BCUT2D eigenvalue weighted by molar-refractivity contribution is 5.95. The normalized spacial score (nSPS) is 11.9. The Kier molecular flexibility index (Phi) is 5.20. The number of aliphatic hydroxyl groups is 1. The maximum Gasteiger partial charge on any atom is 0.255 e. The highest BCUT2D eigenvalue weighted by Crippen LogP contribution is 2.18. The molecule has 2 N–H and O–H groups in total. The van der Waals surface area contributed by atoms with E-state index in [1.54, 1.807) is 17.1 Å². The number of pyridine rings is 1. The lowest BCUT2D eigenvalue weighted by atomic mass is 10.0. The summed E-state index contributed by atoms with van der Waals surface area (Å²) < 4.78 is 1.64. The molecule has 3 aromatic rings. The summed E-state index contributed by atoms with van der Waals surface area (Å²) in [5.41, 5.74) is 2.16. The number of benzene rings is 1. The number of hydrogen-bond acceptors (Lipinski definition) is 4. The lowest BCUT2D eigenvalue weighted by Gasteiger charge is -2.18. The Morgan fingerprint density at radius 2 is 1.96 bits per heavy atom. The molecule has 3 rings (SSSR count). The van der Waals surface area contributed by atoms with Crippen molar-refractivity contribution in [3.05, 3.63) is 77.7 Å². The van der Waals surface area contributed by atoms with E-state index < -0.39 is 0 Å². The maximum absolute atomic E-state index is 12.7. The standard InChI is InChI=1S/C19H20N4O2/c1-14-16(13-21-23(14)18-9-5-6-11-20-18)19(25)22-17(10-12-24)15-7-3-2-4-8-15/h2-9,11,13,17,24H,10,12H2,1H3,(H,22,25). The molecule has 0 bridgehead atoms. The Morgan fingerprint density at radius 3 is 2.64 bits per heavy atom.